The first-order valence-corrected chi connectivity index (χ1v) is 12.3. The predicted octanol–water partition coefficient (Wildman–Crippen LogP) is 2.73. The Kier molecular flexibility index (Phi) is 2.90. The van der Waals surface area contributed by atoms with Gasteiger partial charge in [0.15, 0.2) is 0 Å². The Bertz CT molecular complexity index is 219. The summed E-state index contributed by atoms with van der Waals surface area (Å²) in [7, 11) is -2.24. The van der Waals surface area contributed by atoms with Gasteiger partial charge in [-0.15, -0.1) is 6.58 Å². The summed E-state index contributed by atoms with van der Waals surface area (Å²) in [6, 6.07) is 1.27. The van der Waals surface area contributed by atoms with E-state index in [1.165, 1.54) is 11.2 Å². The average Bonchev–Trinajstić information content (AvgIpc) is 1.95. The lowest BCUT2D eigenvalue weighted by molar-refractivity contribution is 0.168. The number of hydrogen-bond donors (Lipinski definition) is 1. The molecule has 0 spiro atoms. The summed E-state index contributed by atoms with van der Waals surface area (Å²) in [6.45, 7) is 14.1. The van der Waals surface area contributed by atoms with E-state index in [0.29, 0.717) is 0 Å². The van der Waals surface area contributed by atoms with Crippen molar-refractivity contribution < 1.29 is 5.11 Å². The van der Waals surface area contributed by atoms with Crippen LogP contribution in [0.1, 0.15) is 12.8 Å². The highest BCUT2D eigenvalue weighted by atomic mass is 29.3. The fourth-order valence-electron chi connectivity index (χ4n) is 2.15. The van der Waals surface area contributed by atoms with Gasteiger partial charge in [-0.05, 0) is 12.8 Å². The van der Waals surface area contributed by atoms with Gasteiger partial charge in [0.25, 0.3) is 0 Å². The normalized spacial score (nSPS) is 36.4. The van der Waals surface area contributed by atoms with Crippen molar-refractivity contribution in [2.75, 3.05) is 0 Å². The van der Waals surface area contributed by atoms with Crippen LogP contribution in [-0.2, 0) is 0 Å². The minimum atomic E-state index is -1.20. The van der Waals surface area contributed by atoms with Crippen LogP contribution in [0.3, 0.4) is 0 Å². The largest absolute Gasteiger partial charge is 0.393 e. The van der Waals surface area contributed by atoms with Crippen LogP contribution in [0.15, 0.2) is 11.8 Å². The Morgan fingerprint density at radius 1 is 1.46 bits per heavy atom. The molecule has 1 heterocycles. The Hall–Kier alpha value is 0.134. The molecule has 2 atom stereocenters. The number of hydrogen-bond acceptors (Lipinski definition) is 1. The number of aliphatic hydroxyl groups excluding tert-OH is 1. The van der Waals surface area contributed by atoms with Crippen molar-refractivity contribution >= 4 is 15.2 Å². The van der Waals surface area contributed by atoms with E-state index in [1.54, 1.807) is 0 Å². The van der Waals surface area contributed by atoms with Crippen molar-refractivity contribution in [3.8, 4) is 0 Å². The molecule has 3 heteroatoms. The molecule has 1 fully saturated rings. The quantitative estimate of drug-likeness (QED) is 0.666. The molecule has 0 bridgehead atoms. The summed E-state index contributed by atoms with van der Waals surface area (Å²) in [4.78, 5) is 0. The van der Waals surface area contributed by atoms with Crippen molar-refractivity contribution in [3.63, 3.8) is 0 Å². The van der Waals surface area contributed by atoms with E-state index >= 15 is 0 Å². The highest BCUT2D eigenvalue weighted by molar-refractivity contribution is 7.43. The van der Waals surface area contributed by atoms with Gasteiger partial charge in [-0.3, -0.25) is 0 Å². The minimum Gasteiger partial charge on any atom is -0.393 e. The third kappa shape index (κ3) is 1.97. The van der Waals surface area contributed by atoms with Crippen LogP contribution in [0.25, 0.3) is 0 Å². The Morgan fingerprint density at radius 3 is 2.38 bits per heavy atom. The lowest BCUT2D eigenvalue weighted by Crippen LogP contribution is -2.58. The van der Waals surface area contributed by atoms with E-state index in [2.05, 4.69) is 32.8 Å². The van der Waals surface area contributed by atoms with Crippen molar-refractivity contribution in [2.24, 2.45) is 0 Å². The maximum absolute atomic E-state index is 9.55. The van der Waals surface area contributed by atoms with E-state index in [0.717, 1.165) is 12.8 Å². The van der Waals surface area contributed by atoms with E-state index in [-0.39, 0.29) is 6.10 Å². The predicted molar refractivity (Wildman–Crippen MR) is 64.2 cm³/mol. The van der Waals surface area contributed by atoms with Gasteiger partial charge in [-0.1, -0.05) is 37.4 Å². The third-order valence-electron chi connectivity index (χ3n) is 3.90. The van der Waals surface area contributed by atoms with Crippen LogP contribution in [-0.4, -0.2) is 26.4 Å². The summed E-state index contributed by atoms with van der Waals surface area (Å²) >= 11 is 0. The molecular formula is C10H22OSi2. The topological polar surface area (TPSA) is 20.2 Å². The summed E-state index contributed by atoms with van der Waals surface area (Å²) < 4.78 is 0. The molecule has 1 rings (SSSR count). The van der Waals surface area contributed by atoms with Crippen LogP contribution in [0.4, 0.5) is 0 Å². The maximum atomic E-state index is 9.55. The van der Waals surface area contributed by atoms with E-state index in [9.17, 15) is 5.11 Å². The second-order valence-electron chi connectivity index (χ2n) is 5.58. The first kappa shape index (κ1) is 11.2. The molecule has 0 aromatic carbocycles. The molecule has 1 saturated heterocycles. The molecule has 76 valence electrons. The van der Waals surface area contributed by atoms with Crippen molar-refractivity contribution in [1.82, 2.24) is 0 Å². The molecule has 0 unspecified atom stereocenters. The van der Waals surface area contributed by atoms with E-state index < -0.39 is 15.2 Å². The second-order valence-corrected chi connectivity index (χ2v) is 21.8. The molecule has 1 aliphatic rings. The molecule has 1 N–H and O–H groups in total. The van der Waals surface area contributed by atoms with Crippen molar-refractivity contribution in [1.29, 1.82) is 0 Å². The average molecular weight is 214 g/mol. The lowest BCUT2D eigenvalue weighted by Gasteiger charge is -2.44. The zero-order valence-corrected chi connectivity index (χ0v) is 11.4. The Balaban J connectivity index is 2.86. The van der Waals surface area contributed by atoms with Crippen molar-refractivity contribution in [2.45, 2.75) is 51.2 Å². The van der Waals surface area contributed by atoms with E-state index in [4.69, 9.17) is 0 Å². The van der Waals surface area contributed by atoms with Crippen molar-refractivity contribution in [3.05, 3.63) is 11.8 Å². The van der Waals surface area contributed by atoms with E-state index in [1.807, 2.05) is 0 Å². The first-order chi connectivity index (χ1) is 5.77. The number of rotatable bonds is 1. The Labute approximate surface area is 83.7 Å². The molecule has 0 radical (unpaired) electrons. The first-order valence-electron chi connectivity index (χ1n) is 5.14. The van der Waals surface area contributed by atoms with Gasteiger partial charge in [0, 0.05) is 7.59 Å². The van der Waals surface area contributed by atoms with Crippen LogP contribution < -0.4 is 0 Å². The highest BCUT2D eigenvalue weighted by Crippen LogP contribution is 2.37. The molecule has 1 aliphatic heterocycles. The molecule has 1 nitrogen and oxygen atoms in total. The van der Waals surface area contributed by atoms with Gasteiger partial charge >= 0.3 is 0 Å². The summed E-state index contributed by atoms with van der Waals surface area (Å²) in [5.74, 6) is 0. The van der Waals surface area contributed by atoms with Crippen LogP contribution >= 0.6 is 0 Å². The molecule has 0 aromatic heterocycles. The van der Waals surface area contributed by atoms with Crippen LogP contribution in [0.2, 0.25) is 32.2 Å². The highest BCUT2D eigenvalue weighted by Gasteiger charge is 2.45. The maximum Gasteiger partial charge on any atom is 0.0710 e. The third-order valence-corrected chi connectivity index (χ3v) is 22.0. The molecule has 13 heavy (non-hydrogen) atoms. The van der Waals surface area contributed by atoms with Crippen LogP contribution in [0, 0.1) is 0 Å². The molecule has 0 aromatic rings. The summed E-state index contributed by atoms with van der Waals surface area (Å²) in [6.07, 6.45) is 1.81. The van der Waals surface area contributed by atoms with Gasteiger partial charge in [0.1, 0.15) is 0 Å². The summed E-state index contributed by atoms with van der Waals surface area (Å²) in [5, 5.41) is 11.0. The van der Waals surface area contributed by atoms with Crippen LogP contribution in [0.5, 0.6) is 0 Å². The molecule has 0 amide bonds. The van der Waals surface area contributed by atoms with Gasteiger partial charge < -0.3 is 5.11 Å². The monoisotopic (exact) mass is 214 g/mol. The SMILES string of the molecule is C=C1C[C@H](O)CC[Si@@]1(C)[Si](C)(C)C. The molecular weight excluding hydrogens is 192 g/mol. The fraction of sp³-hybridized carbons (Fsp3) is 0.800. The van der Waals surface area contributed by atoms with Gasteiger partial charge in [-0.25, -0.2) is 0 Å². The number of aliphatic hydroxyl groups is 1. The Morgan fingerprint density at radius 2 is 2.00 bits per heavy atom. The zero-order chi connectivity index (χ0) is 10.3. The zero-order valence-electron chi connectivity index (χ0n) is 9.35. The van der Waals surface area contributed by atoms with Gasteiger partial charge in [0.05, 0.1) is 13.7 Å². The lowest BCUT2D eigenvalue weighted by atomic mass is 10.2. The smallest absolute Gasteiger partial charge is 0.0710 e. The molecule has 0 saturated carbocycles. The standard InChI is InChI=1S/C10H22OSi2/c1-9-8-10(11)6-7-13(9,5)12(2,3)4/h10-11H,1,6-8H2,2-5H3/t10-,13-/m1/s1. The fourth-order valence-corrected chi connectivity index (χ4v) is 12.1. The summed E-state index contributed by atoms with van der Waals surface area (Å²) in [5.41, 5.74) is 0. The second kappa shape index (κ2) is 3.37. The molecule has 0 aliphatic carbocycles. The van der Waals surface area contributed by atoms with Gasteiger partial charge in [-0.2, -0.15) is 0 Å². The minimum absolute atomic E-state index is 0.0931. The van der Waals surface area contributed by atoms with Gasteiger partial charge in [0.2, 0.25) is 0 Å².